The number of rotatable bonds is 6. The van der Waals surface area contributed by atoms with E-state index in [0.717, 1.165) is 11.4 Å². The van der Waals surface area contributed by atoms with E-state index in [4.69, 9.17) is 21.1 Å². The van der Waals surface area contributed by atoms with Gasteiger partial charge in [0.15, 0.2) is 11.5 Å². The van der Waals surface area contributed by atoms with E-state index in [1.807, 2.05) is 12.2 Å². The maximum Gasteiger partial charge on any atom is 0.254 e. The SMILES string of the molecule is COc1cc(Cl)cc(C=NN2C(=O)[C@@H]3[C@H](C2=O)[C@H]2C=C[C@H]3C2)c1OCc1cccc(F)c1. The van der Waals surface area contributed by atoms with Crippen molar-refractivity contribution in [2.45, 2.75) is 13.0 Å². The number of hydrogen-bond acceptors (Lipinski definition) is 5. The van der Waals surface area contributed by atoms with Gasteiger partial charge in [0, 0.05) is 16.7 Å². The van der Waals surface area contributed by atoms with Gasteiger partial charge in [0.1, 0.15) is 12.4 Å². The minimum Gasteiger partial charge on any atom is -0.493 e. The van der Waals surface area contributed by atoms with Gasteiger partial charge >= 0.3 is 0 Å². The van der Waals surface area contributed by atoms with Gasteiger partial charge in [-0.3, -0.25) is 9.59 Å². The molecule has 3 aliphatic rings. The van der Waals surface area contributed by atoms with Crippen LogP contribution in [0.1, 0.15) is 17.5 Å². The summed E-state index contributed by atoms with van der Waals surface area (Å²) in [4.78, 5) is 25.7. The number of amides is 2. The van der Waals surface area contributed by atoms with Crippen molar-refractivity contribution in [3.05, 3.63) is 70.5 Å². The number of methoxy groups -OCH3 is 1. The molecule has 1 aliphatic heterocycles. The van der Waals surface area contributed by atoms with E-state index in [2.05, 4.69) is 5.10 Å². The number of hydrazone groups is 1. The largest absolute Gasteiger partial charge is 0.493 e. The normalized spacial score (nSPS) is 25.8. The lowest BCUT2D eigenvalue weighted by Gasteiger charge is -2.15. The highest BCUT2D eigenvalue weighted by atomic mass is 35.5. The van der Waals surface area contributed by atoms with Crippen LogP contribution in [0.5, 0.6) is 11.5 Å². The molecule has 5 rings (SSSR count). The molecular formula is C24H20ClFN2O4. The zero-order valence-electron chi connectivity index (χ0n) is 17.2. The molecular weight excluding hydrogens is 435 g/mol. The number of benzene rings is 2. The summed E-state index contributed by atoms with van der Waals surface area (Å²) < 4.78 is 24.8. The summed E-state index contributed by atoms with van der Waals surface area (Å²) in [5, 5.41) is 5.55. The fourth-order valence-electron chi connectivity index (χ4n) is 4.89. The Morgan fingerprint density at radius 1 is 1.16 bits per heavy atom. The first kappa shape index (κ1) is 20.7. The molecule has 164 valence electrons. The Labute approximate surface area is 189 Å². The second-order valence-corrected chi connectivity index (χ2v) is 8.61. The topological polar surface area (TPSA) is 68.2 Å². The van der Waals surface area contributed by atoms with Crippen molar-refractivity contribution in [3.8, 4) is 11.5 Å². The fourth-order valence-corrected chi connectivity index (χ4v) is 5.11. The molecule has 1 saturated carbocycles. The van der Waals surface area contributed by atoms with Crippen LogP contribution in [-0.4, -0.2) is 30.1 Å². The highest BCUT2D eigenvalue weighted by Gasteiger charge is 2.59. The maximum atomic E-state index is 13.5. The molecule has 6 nitrogen and oxygen atoms in total. The van der Waals surface area contributed by atoms with Gasteiger partial charge in [0.25, 0.3) is 11.8 Å². The van der Waals surface area contributed by atoms with Gasteiger partial charge in [-0.25, -0.2) is 4.39 Å². The van der Waals surface area contributed by atoms with Crippen LogP contribution in [0.3, 0.4) is 0 Å². The van der Waals surface area contributed by atoms with Crippen molar-refractivity contribution in [1.29, 1.82) is 0 Å². The average Bonchev–Trinajstić information content (AvgIpc) is 3.45. The minimum absolute atomic E-state index is 0.0807. The van der Waals surface area contributed by atoms with Gasteiger partial charge in [-0.2, -0.15) is 10.1 Å². The Morgan fingerprint density at radius 3 is 2.53 bits per heavy atom. The number of halogens is 2. The quantitative estimate of drug-likeness (QED) is 0.372. The van der Waals surface area contributed by atoms with Crippen molar-refractivity contribution < 1.29 is 23.5 Å². The summed E-state index contributed by atoms with van der Waals surface area (Å²) >= 11 is 6.21. The molecule has 32 heavy (non-hydrogen) atoms. The Hall–Kier alpha value is -3.19. The molecule has 0 radical (unpaired) electrons. The highest BCUT2D eigenvalue weighted by molar-refractivity contribution is 6.31. The Bertz CT molecular complexity index is 1130. The van der Waals surface area contributed by atoms with Crippen molar-refractivity contribution in [2.75, 3.05) is 7.11 Å². The first-order chi connectivity index (χ1) is 15.5. The summed E-state index contributed by atoms with van der Waals surface area (Å²) in [5.41, 5.74) is 1.06. The zero-order valence-corrected chi connectivity index (χ0v) is 18.0. The molecule has 4 atom stereocenters. The van der Waals surface area contributed by atoms with Crippen LogP contribution in [0, 0.1) is 29.5 Å². The van der Waals surface area contributed by atoms with Crippen molar-refractivity contribution in [3.63, 3.8) is 0 Å². The van der Waals surface area contributed by atoms with E-state index in [-0.39, 0.29) is 47.9 Å². The van der Waals surface area contributed by atoms with E-state index in [1.54, 1.807) is 24.3 Å². The molecule has 2 amide bonds. The van der Waals surface area contributed by atoms with Crippen LogP contribution in [0.2, 0.25) is 5.02 Å². The van der Waals surface area contributed by atoms with Crippen molar-refractivity contribution in [1.82, 2.24) is 5.01 Å². The predicted molar refractivity (Wildman–Crippen MR) is 116 cm³/mol. The lowest BCUT2D eigenvalue weighted by atomic mass is 9.85. The van der Waals surface area contributed by atoms with E-state index < -0.39 is 0 Å². The second-order valence-electron chi connectivity index (χ2n) is 8.18. The molecule has 2 bridgehead atoms. The first-order valence-electron chi connectivity index (χ1n) is 10.3. The minimum atomic E-state index is -0.365. The highest BCUT2D eigenvalue weighted by Crippen LogP contribution is 2.52. The lowest BCUT2D eigenvalue weighted by molar-refractivity contribution is -0.140. The molecule has 2 aromatic rings. The Kier molecular flexibility index (Phi) is 5.21. The number of allylic oxidation sites excluding steroid dienone is 2. The number of carbonyl (C=O) groups is 2. The van der Waals surface area contributed by atoms with Gasteiger partial charge in [-0.05, 0) is 42.0 Å². The molecule has 2 aromatic carbocycles. The van der Waals surface area contributed by atoms with Gasteiger partial charge in [0.2, 0.25) is 0 Å². The summed E-state index contributed by atoms with van der Waals surface area (Å²) in [6, 6.07) is 9.25. The van der Waals surface area contributed by atoms with Crippen LogP contribution in [0.25, 0.3) is 0 Å². The summed E-state index contributed by atoms with van der Waals surface area (Å²) in [7, 11) is 1.47. The first-order valence-corrected chi connectivity index (χ1v) is 10.7. The molecule has 0 N–H and O–H groups in total. The molecule has 0 aromatic heterocycles. The monoisotopic (exact) mass is 454 g/mol. The Balaban J connectivity index is 1.42. The molecule has 0 unspecified atom stereocenters. The van der Waals surface area contributed by atoms with E-state index >= 15 is 0 Å². The second kappa shape index (κ2) is 8.06. The smallest absolute Gasteiger partial charge is 0.254 e. The summed E-state index contributed by atoms with van der Waals surface area (Å²) in [6.07, 6.45) is 6.30. The average molecular weight is 455 g/mol. The van der Waals surface area contributed by atoms with Crippen molar-refractivity contribution >= 4 is 29.6 Å². The number of fused-ring (bicyclic) bond motifs is 5. The molecule has 1 saturated heterocycles. The van der Waals surface area contributed by atoms with Gasteiger partial charge < -0.3 is 9.47 Å². The number of hydrogen-bond donors (Lipinski definition) is 0. The molecule has 1 heterocycles. The van der Waals surface area contributed by atoms with E-state index in [9.17, 15) is 14.0 Å². The summed E-state index contributed by atoms with van der Waals surface area (Å²) in [5.74, 6) is -0.667. The third-order valence-corrected chi connectivity index (χ3v) is 6.52. The number of ether oxygens (including phenoxy) is 2. The van der Waals surface area contributed by atoms with Crippen molar-refractivity contribution in [2.24, 2.45) is 28.8 Å². The number of carbonyl (C=O) groups excluding carboxylic acids is 2. The third kappa shape index (κ3) is 3.46. The van der Waals surface area contributed by atoms with Crippen LogP contribution < -0.4 is 9.47 Å². The van der Waals surface area contributed by atoms with Gasteiger partial charge in [0.05, 0.1) is 25.2 Å². The fraction of sp³-hybridized carbons (Fsp3) is 0.292. The molecule has 8 heteroatoms. The molecule has 2 fully saturated rings. The van der Waals surface area contributed by atoms with E-state index in [1.165, 1.54) is 25.5 Å². The third-order valence-electron chi connectivity index (χ3n) is 6.30. The Morgan fingerprint density at radius 2 is 1.88 bits per heavy atom. The van der Waals surface area contributed by atoms with Crippen LogP contribution >= 0.6 is 11.6 Å². The van der Waals surface area contributed by atoms with Crippen LogP contribution in [0.4, 0.5) is 4.39 Å². The lowest BCUT2D eigenvalue weighted by Crippen LogP contribution is -2.28. The summed E-state index contributed by atoms with van der Waals surface area (Å²) in [6.45, 7) is 0.0807. The number of imide groups is 1. The predicted octanol–water partition coefficient (Wildman–Crippen LogP) is 4.21. The molecule has 2 aliphatic carbocycles. The van der Waals surface area contributed by atoms with E-state index in [0.29, 0.717) is 27.6 Å². The maximum absolute atomic E-state index is 13.5. The number of nitrogens with zero attached hydrogens (tertiary/aromatic N) is 2. The zero-order chi connectivity index (χ0) is 22.4. The van der Waals surface area contributed by atoms with Crippen LogP contribution in [-0.2, 0) is 16.2 Å². The molecule has 0 spiro atoms. The van der Waals surface area contributed by atoms with Crippen LogP contribution in [0.15, 0.2) is 53.7 Å². The standard InChI is InChI=1S/C24H20ClFN2O4/c1-31-19-10-17(25)9-16(22(19)32-12-13-3-2-4-18(26)7-13)11-27-28-23(29)20-14-5-6-15(8-14)21(20)24(28)30/h2-7,9-11,14-15,20-21H,8,12H2,1H3/t14-,15-,20-,21+/m0/s1. The van der Waals surface area contributed by atoms with Gasteiger partial charge in [-0.15, -0.1) is 0 Å². The van der Waals surface area contributed by atoms with Gasteiger partial charge in [-0.1, -0.05) is 35.9 Å².